The molecule has 3 aromatic rings. The molecule has 172 valence electrons. The molecule has 4 nitrogen and oxygen atoms in total. The summed E-state index contributed by atoms with van der Waals surface area (Å²) in [5.41, 5.74) is 0. The third kappa shape index (κ3) is 7.65. The number of carbonyl (C=O) groups is 2. The van der Waals surface area contributed by atoms with E-state index in [4.69, 9.17) is 9.47 Å². The number of benzene rings is 3. The fourth-order valence-corrected chi connectivity index (χ4v) is 5.26. The van der Waals surface area contributed by atoms with E-state index in [9.17, 15) is 9.59 Å². The van der Waals surface area contributed by atoms with Crippen LogP contribution in [0, 0.1) is 0 Å². The van der Waals surface area contributed by atoms with E-state index >= 15 is 0 Å². The number of esters is 2. The fourth-order valence-electron chi connectivity index (χ4n) is 2.63. The second-order valence-corrected chi connectivity index (χ2v) is 21.8. The highest BCUT2D eigenvalue weighted by atomic mass is 80.0. The first kappa shape index (κ1) is 27.4. The van der Waals surface area contributed by atoms with E-state index in [1.54, 1.807) is 12.1 Å². The summed E-state index contributed by atoms with van der Waals surface area (Å²) in [6.45, 7) is 0. The highest BCUT2D eigenvalue weighted by Gasteiger charge is 2.37. The molecule has 0 saturated carbocycles. The van der Waals surface area contributed by atoms with Crippen molar-refractivity contribution < 1.29 is 19.1 Å². The van der Waals surface area contributed by atoms with Gasteiger partial charge in [0.2, 0.25) is 9.18 Å². The van der Waals surface area contributed by atoms with Crippen LogP contribution >= 0.6 is 95.6 Å². The summed E-state index contributed by atoms with van der Waals surface area (Å²) in [5.74, 6) is -0.794. The van der Waals surface area contributed by atoms with Crippen molar-refractivity contribution in [2.75, 3.05) is 0 Å². The largest absolute Gasteiger partial charge is 0.424 e. The van der Waals surface area contributed by atoms with Gasteiger partial charge in [-0.2, -0.15) is 0 Å². The third-order valence-electron chi connectivity index (χ3n) is 3.97. The number of halogens is 6. The lowest BCUT2D eigenvalue weighted by molar-refractivity contribution is -0.132. The number of hydrogen-bond acceptors (Lipinski definition) is 4. The second kappa shape index (κ2) is 11.7. The minimum Gasteiger partial charge on any atom is -0.424 e. The Morgan fingerprint density at radius 3 is 1.55 bits per heavy atom. The summed E-state index contributed by atoms with van der Waals surface area (Å²) in [6, 6.07) is 24.8. The summed E-state index contributed by atoms with van der Waals surface area (Å²) >= 11 is 19.0. The van der Waals surface area contributed by atoms with Crippen molar-refractivity contribution in [3.05, 3.63) is 78.9 Å². The van der Waals surface area contributed by atoms with Gasteiger partial charge in [-0.05, 0) is 126 Å². The molecule has 0 radical (unpaired) electrons. The molecule has 0 atom stereocenters. The average molecular weight is 853 g/mol. The Labute approximate surface area is 244 Å². The minimum atomic E-state index is -1.27. The first-order valence-electron chi connectivity index (χ1n) is 9.03. The van der Waals surface area contributed by atoms with Gasteiger partial charge in [-0.3, -0.25) is 0 Å². The molecule has 0 aromatic heterocycles. The maximum Gasteiger partial charge on any atom is 0.350 e. The van der Waals surface area contributed by atoms with Crippen LogP contribution in [0.15, 0.2) is 93.5 Å². The summed E-state index contributed by atoms with van der Waals surface area (Å²) < 4.78 is 8.66. The Bertz CT molecular complexity index is 1090. The van der Waals surface area contributed by atoms with E-state index < -0.39 is 27.1 Å². The van der Waals surface area contributed by atoms with Crippen molar-refractivity contribution in [3.8, 4) is 11.5 Å². The summed E-state index contributed by atoms with van der Waals surface area (Å²) in [7, 11) is -0.599. The van der Waals surface area contributed by atoms with E-state index in [1.165, 1.54) is 6.07 Å². The molecule has 0 aliphatic heterocycles. The molecule has 0 amide bonds. The smallest absolute Gasteiger partial charge is 0.350 e. The predicted molar refractivity (Wildman–Crippen MR) is 152 cm³/mol. The standard InChI is InChI=1S/C22H13Br6O4S/c23-21(24,25)19(29)31-14-11-12-18(17(13-14)32-20(30)22(26,27)28)33(15-7-3-1-4-8-15)16-9-5-2-6-10-16/h1-13H/q+1. The van der Waals surface area contributed by atoms with Crippen molar-refractivity contribution in [3.63, 3.8) is 0 Å². The van der Waals surface area contributed by atoms with E-state index in [2.05, 4.69) is 95.6 Å². The monoisotopic (exact) mass is 847 g/mol. The molecule has 3 aromatic carbocycles. The van der Waals surface area contributed by atoms with Gasteiger partial charge in [-0.15, -0.1) is 0 Å². The Balaban J connectivity index is 2.14. The van der Waals surface area contributed by atoms with Crippen LogP contribution in [0.25, 0.3) is 0 Å². The van der Waals surface area contributed by atoms with Gasteiger partial charge in [-0.1, -0.05) is 36.4 Å². The van der Waals surface area contributed by atoms with Gasteiger partial charge in [-0.25, -0.2) is 9.59 Å². The summed E-state index contributed by atoms with van der Waals surface area (Å²) in [5, 5.41) is 0. The van der Waals surface area contributed by atoms with E-state index in [0.29, 0.717) is 0 Å². The van der Waals surface area contributed by atoms with Crippen LogP contribution in [0.3, 0.4) is 0 Å². The zero-order valence-electron chi connectivity index (χ0n) is 16.3. The minimum absolute atomic E-state index is 0.211. The lowest BCUT2D eigenvalue weighted by Gasteiger charge is -2.16. The van der Waals surface area contributed by atoms with Crippen molar-refractivity contribution in [2.24, 2.45) is 0 Å². The lowest BCUT2D eigenvalue weighted by atomic mass is 10.3. The summed E-state index contributed by atoms with van der Waals surface area (Å²) in [6.07, 6.45) is 0. The summed E-state index contributed by atoms with van der Waals surface area (Å²) in [4.78, 5) is 27.8. The maximum absolute atomic E-state index is 12.7. The normalized spacial score (nSPS) is 11.8. The Morgan fingerprint density at radius 2 is 1.09 bits per heavy atom. The molecule has 0 N–H and O–H groups in total. The molecular formula is C22H13Br6O4S+. The number of alkyl halides is 6. The van der Waals surface area contributed by atoms with Crippen LogP contribution in [0.5, 0.6) is 11.5 Å². The molecule has 0 unspecified atom stereocenters. The van der Waals surface area contributed by atoms with Crippen LogP contribution in [0.2, 0.25) is 0 Å². The van der Waals surface area contributed by atoms with Gasteiger partial charge in [0.05, 0.1) is 0 Å². The molecule has 11 heteroatoms. The zero-order chi connectivity index (χ0) is 24.2. The molecule has 0 fully saturated rings. The van der Waals surface area contributed by atoms with Crippen molar-refractivity contribution in [1.82, 2.24) is 0 Å². The molecule has 0 aliphatic rings. The van der Waals surface area contributed by atoms with Crippen molar-refractivity contribution >= 4 is 118 Å². The molecule has 0 spiro atoms. The molecule has 33 heavy (non-hydrogen) atoms. The SMILES string of the molecule is O=C(Oc1ccc([S+](c2ccccc2)c2ccccc2)c(OC(=O)C(Br)(Br)Br)c1)C(Br)(Br)Br. The van der Waals surface area contributed by atoms with Gasteiger partial charge < -0.3 is 9.47 Å². The number of carbonyl (C=O) groups excluding carboxylic acids is 2. The molecule has 3 rings (SSSR count). The van der Waals surface area contributed by atoms with Crippen LogP contribution in [-0.2, 0) is 20.5 Å². The highest BCUT2D eigenvalue weighted by Crippen LogP contribution is 2.42. The fraction of sp³-hybridized carbons (Fsp3) is 0.0909. The topological polar surface area (TPSA) is 52.6 Å². The van der Waals surface area contributed by atoms with Gasteiger partial charge in [0, 0.05) is 12.1 Å². The van der Waals surface area contributed by atoms with Crippen molar-refractivity contribution in [2.45, 2.75) is 19.0 Å². The van der Waals surface area contributed by atoms with Gasteiger partial charge >= 0.3 is 11.9 Å². The first-order chi connectivity index (χ1) is 15.5. The zero-order valence-corrected chi connectivity index (χ0v) is 26.6. The van der Waals surface area contributed by atoms with Gasteiger partial charge in [0.15, 0.2) is 15.5 Å². The van der Waals surface area contributed by atoms with Crippen LogP contribution in [0.1, 0.15) is 0 Å². The van der Waals surface area contributed by atoms with Crippen LogP contribution in [0.4, 0.5) is 0 Å². The van der Waals surface area contributed by atoms with E-state index in [1.807, 2.05) is 60.7 Å². The first-order valence-corrected chi connectivity index (χ1v) is 15.0. The second-order valence-electron chi connectivity index (χ2n) is 6.32. The third-order valence-corrected chi connectivity index (χ3v) is 8.18. The number of hydrogen-bond donors (Lipinski definition) is 0. The van der Waals surface area contributed by atoms with Gasteiger partial charge in [0.25, 0.3) is 0 Å². The molecular weight excluding hydrogens is 840 g/mol. The molecule has 0 saturated heterocycles. The Morgan fingerprint density at radius 1 is 0.636 bits per heavy atom. The number of rotatable bonds is 5. The molecule has 0 aliphatic carbocycles. The maximum atomic E-state index is 12.7. The van der Waals surface area contributed by atoms with Crippen LogP contribution in [-0.4, -0.2) is 16.2 Å². The molecule has 0 heterocycles. The Hall–Kier alpha value is -0.170. The van der Waals surface area contributed by atoms with Crippen molar-refractivity contribution in [1.29, 1.82) is 0 Å². The molecule has 0 bridgehead atoms. The predicted octanol–water partition coefficient (Wildman–Crippen LogP) is 8.27. The lowest BCUT2D eigenvalue weighted by Crippen LogP contribution is -2.25. The van der Waals surface area contributed by atoms with E-state index in [0.717, 1.165) is 14.7 Å². The van der Waals surface area contributed by atoms with Gasteiger partial charge in [0.1, 0.15) is 16.6 Å². The average Bonchev–Trinajstić information content (AvgIpc) is 2.75. The van der Waals surface area contributed by atoms with Crippen LogP contribution < -0.4 is 9.47 Å². The van der Waals surface area contributed by atoms with E-state index in [-0.39, 0.29) is 11.5 Å². The highest BCUT2D eigenvalue weighted by molar-refractivity contribution is 9.40. The quantitative estimate of drug-likeness (QED) is 0.112. The number of ether oxygens (including phenoxy) is 2. The Kier molecular flexibility index (Phi) is 9.73.